The van der Waals surface area contributed by atoms with Crippen molar-refractivity contribution in [3.63, 3.8) is 0 Å². The Balaban J connectivity index is 1.80. The summed E-state index contributed by atoms with van der Waals surface area (Å²) in [6.45, 7) is 1.30. The largest absolute Gasteiger partial charge is 0.482 e. The molecule has 0 aliphatic heterocycles. The molecule has 0 saturated heterocycles. The number of hydrogen-bond acceptors (Lipinski definition) is 4. The lowest BCUT2D eigenvalue weighted by molar-refractivity contribution is -0.123. The normalized spacial score (nSPS) is 11.1. The molecule has 0 aromatic heterocycles. The number of carbonyl (C=O) groups excluding carboxylic acids is 2. The van der Waals surface area contributed by atoms with Gasteiger partial charge in [-0.1, -0.05) is 46.4 Å². The molecular weight excluding hydrogens is 448 g/mol. The summed E-state index contributed by atoms with van der Waals surface area (Å²) in [6.07, 6.45) is -0.0335. The zero-order valence-corrected chi connectivity index (χ0v) is 17.6. The first kappa shape index (κ1) is 22.3. The standard InChI is InChI=1S/C18H15Cl4N3O3/c1-10(4-17(26)23-14-6-12(20)5-13(21)7-14)24-25-18(27)9-28-16-3-2-11(19)8-15(16)22/h2-3,5-8H,4,9H2,1H3,(H,23,26)(H,25,27)/b24-10+. The van der Waals surface area contributed by atoms with E-state index in [0.717, 1.165) is 0 Å². The van der Waals surface area contributed by atoms with Crippen LogP contribution in [-0.4, -0.2) is 24.1 Å². The molecule has 10 heteroatoms. The number of hydrazone groups is 1. The third-order valence-corrected chi connectivity index (χ3v) is 4.15. The number of carbonyl (C=O) groups is 2. The van der Waals surface area contributed by atoms with Crippen LogP contribution in [0, 0.1) is 0 Å². The highest BCUT2D eigenvalue weighted by Crippen LogP contribution is 2.27. The first-order chi connectivity index (χ1) is 13.2. The van der Waals surface area contributed by atoms with Gasteiger partial charge in [-0.15, -0.1) is 0 Å². The van der Waals surface area contributed by atoms with Gasteiger partial charge in [0.25, 0.3) is 5.91 Å². The lowest BCUT2D eigenvalue weighted by atomic mass is 10.2. The maximum absolute atomic E-state index is 12.0. The van der Waals surface area contributed by atoms with Crippen LogP contribution in [0.2, 0.25) is 20.1 Å². The fourth-order valence-corrected chi connectivity index (χ4v) is 3.02. The second-order valence-corrected chi connectivity index (χ2v) is 7.35. The minimum Gasteiger partial charge on any atom is -0.482 e. The number of nitrogens with one attached hydrogen (secondary N) is 2. The molecule has 0 unspecified atom stereocenters. The summed E-state index contributed by atoms with van der Waals surface area (Å²) in [5, 5.41) is 8.06. The average molecular weight is 463 g/mol. The first-order valence-electron chi connectivity index (χ1n) is 7.88. The van der Waals surface area contributed by atoms with Crippen LogP contribution >= 0.6 is 46.4 Å². The number of amides is 2. The zero-order valence-electron chi connectivity index (χ0n) is 14.6. The van der Waals surface area contributed by atoms with Gasteiger partial charge in [0.1, 0.15) is 5.75 Å². The number of halogens is 4. The molecule has 2 amide bonds. The lowest BCUT2D eigenvalue weighted by Gasteiger charge is -2.08. The van der Waals surface area contributed by atoms with Crippen molar-refractivity contribution in [2.45, 2.75) is 13.3 Å². The molecule has 0 atom stereocenters. The van der Waals surface area contributed by atoms with E-state index in [2.05, 4.69) is 15.8 Å². The van der Waals surface area contributed by atoms with Crippen molar-refractivity contribution in [3.05, 3.63) is 56.5 Å². The van der Waals surface area contributed by atoms with Crippen LogP contribution in [0.25, 0.3) is 0 Å². The Labute approximate surface area is 181 Å². The molecule has 6 nitrogen and oxygen atoms in total. The predicted octanol–water partition coefficient (Wildman–Crippen LogP) is 5.20. The number of rotatable bonds is 7. The molecule has 0 aliphatic rings. The smallest absolute Gasteiger partial charge is 0.277 e. The molecule has 2 rings (SSSR count). The van der Waals surface area contributed by atoms with Crippen LogP contribution < -0.4 is 15.5 Å². The number of hydrogen-bond donors (Lipinski definition) is 2. The molecule has 0 fully saturated rings. The van der Waals surface area contributed by atoms with Crippen molar-refractivity contribution in [2.75, 3.05) is 11.9 Å². The van der Waals surface area contributed by atoms with Crippen LogP contribution in [0.15, 0.2) is 41.5 Å². The monoisotopic (exact) mass is 461 g/mol. The summed E-state index contributed by atoms with van der Waals surface area (Å²) in [5.41, 5.74) is 3.16. The van der Waals surface area contributed by atoms with Gasteiger partial charge in [0.2, 0.25) is 5.91 Å². The van der Waals surface area contributed by atoms with Gasteiger partial charge in [-0.25, -0.2) is 5.43 Å². The van der Waals surface area contributed by atoms with Gasteiger partial charge in [-0.3, -0.25) is 9.59 Å². The molecule has 0 aliphatic carbocycles. The minimum absolute atomic E-state index is 0.0335. The summed E-state index contributed by atoms with van der Waals surface area (Å²) >= 11 is 23.5. The molecule has 0 radical (unpaired) electrons. The fourth-order valence-electron chi connectivity index (χ4n) is 2.03. The van der Waals surface area contributed by atoms with E-state index >= 15 is 0 Å². The van der Waals surface area contributed by atoms with Crippen LogP contribution in [-0.2, 0) is 9.59 Å². The molecule has 0 saturated carbocycles. The van der Waals surface area contributed by atoms with Gasteiger partial charge in [0, 0.05) is 26.5 Å². The highest BCUT2D eigenvalue weighted by molar-refractivity contribution is 6.36. The van der Waals surface area contributed by atoms with Gasteiger partial charge < -0.3 is 10.1 Å². The third kappa shape index (κ3) is 7.56. The van der Waals surface area contributed by atoms with Crippen molar-refractivity contribution in [1.82, 2.24) is 5.43 Å². The van der Waals surface area contributed by atoms with E-state index in [1.54, 1.807) is 37.3 Å². The Hall–Kier alpha value is -1.99. The molecule has 148 valence electrons. The van der Waals surface area contributed by atoms with E-state index in [4.69, 9.17) is 51.1 Å². The topological polar surface area (TPSA) is 79.8 Å². The molecule has 2 aromatic carbocycles. The third-order valence-electron chi connectivity index (χ3n) is 3.19. The summed E-state index contributed by atoms with van der Waals surface area (Å²) < 4.78 is 5.29. The van der Waals surface area contributed by atoms with Gasteiger partial charge in [0.15, 0.2) is 6.61 Å². The summed E-state index contributed by atoms with van der Waals surface area (Å²) in [4.78, 5) is 23.8. The second kappa shape index (κ2) is 10.5. The van der Waals surface area contributed by atoms with Crippen molar-refractivity contribution in [3.8, 4) is 5.75 Å². The number of ether oxygens (including phenoxy) is 1. The summed E-state index contributed by atoms with van der Waals surface area (Å²) in [7, 11) is 0. The van der Waals surface area contributed by atoms with Crippen molar-refractivity contribution >= 4 is 69.6 Å². The van der Waals surface area contributed by atoms with Gasteiger partial charge in [0.05, 0.1) is 11.4 Å². The maximum atomic E-state index is 12.0. The highest BCUT2D eigenvalue weighted by Gasteiger charge is 2.08. The molecule has 2 aromatic rings. The van der Waals surface area contributed by atoms with E-state index in [9.17, 15) is 9.59 Å². The Morgan fingerprint density at radius 2 is 1.64 bits per heavy atom. The number of nitrogens with zero attached hydrogens (tertiary/aromatic N) is 1. The van der Waals surface area contributed by atoms with Crippen molar-refractivity contribution < 1.29 is 14.3 Å². The second-order valence-electron chi connectivity index (χ2n) is 5.63. The first-order valence-corrected chi connectivity index (χ1v) is 9.40. The number of benzene rings is 2. The Kier molecular flexibility index (Phi) is 8.38. The van der Waals surface area contributed by atoms with Gasteiger partial charge >= 0.3 is 0 Å². The van der Waals surface area contributed by atoms with Crippen molar-refractivity contribution in [1.29, 1.82) is 0 Å². The summed E-state index contributed by atoms with van der Waals surface area (Å²) in [6, 6.07) is 9.34. The van der Waals surface area contributed by atoms with E-state index in [1.807, 2.05) is 0 Å². The number of anilines is 1. The molecule has 0 spiro atoms. The van der Waals surface area contributed by atoms with Gasteiger partial charge in [-0.2, -0.15) is 5.10 Å². The van der Waals surface area contributed by atoms with Crippen LogP contribution in [0.3, 0.4) is 0 Å². The SMILES string of the molecule is C/C(CC(=O)Nc1cc(Cl)cc(Cl)c1)=N\NC(=O)COc1ccc(Cl)cc1Cl. The Bertz CT molecular complexity index is 899. The van der Waals surface area contributed by atoms with Crippen LogP contribution in [0.4, 0.5) is 5.69 Å². The molecule has 28 heavy (non-hydrogen) atoms. The Morgan fingerprint density at radius 3 is 2.29 bits per heavy atom. The van der Waals surface area contributed by atoms with E-state index < -0.39 is 5.91 Å². The highest BCUT2D eigenvalue weighted by atomic mass is 35.5. The molecule has 0 heterocycles. The quantitative estimate of drug-likeness (QED) is 0.438. The fraction of sp³-hybridized carbons (Fsp3) is 0.167. The van der Waals surface area contributed by atoms with Crippen LogP contribution in [0.1, 0.15) is 13.3 Å². The average Bonchev–Trinajstić information content (AvgIpc) is 2.58. The minimum atomic E-state index is -0.507. The van der Waals surface area contributed by atoms with Gasteiger partial charge in [-0.05, 0) is 43.3 Å². The maximum Gasteiger partial charge on any atom is 0.277 e. The van der Waals surface area contributed by atoms with E-state index in [1.165, 1.54) is 6.07 Å². The molecule has 2 N–H and O–H groups in total. The zero-order chi connectivity index (χ0) is 20.7. The molecular formula is C18H15Cl4N3O3. The Morgan fingerprint density at radius 1 is 0.964 bits per heavy atom. The van der Waals surface area contributed by atoms with E-state index in [0.29, 0.717) is 32.2 Å². The van der Waals surface area contributed by atoms with Crippen molar-refractivity contribution in [2.24, 2.45) is 5.10 Å². The lowest BCUT2D eigenvalue weighted by Crippen LogP contribution is -2.26. The van der Waals surface area contributed by atoms with E-state index in [-0.39, 0.29) is 24.0 Å². The van der Waals surface area contributed by atoms with Crippen LogP contribution in [0.5, 0.6) is 5.75 Å². The molecule has 0 bridgehead atoms. The summed E-state index contributed by atoms with van der Waals surface area (Å²) in [5.74, 6) is -0.521. The predicted molar refractivity (Wildman–Crippen MR) is 113 cm³/mol.